The number of nitrogens with zero attached hydrogens (tertiary/aromatic N) is 4. The van der Waals surface area contributed by atoms with Crippen molar-refractivity contribution in [2.45, 2.75) is 44.6 Å². The number of fused-ring (bicyclic) bond motifs is 1. The maximum absolute atomic E-state index is 13.2. The monoisotopic (exact) mass is 385 g/mol. The highest BCUT2D eigenvalue weighted by molar-refractivity contribution is 5.83. The molecular formula is C20H24FN5O2. The average molecular weight is 385 g/mol. The van der Waals surface area contributed by atoms with Crippen molar-refractivity contribution in [1.82, 2.24) is 25.0 Å². The predicted octanol–water partition coefficient (Wildman–Crippen LogP) is 2.09. The van der Waals surface area contributed by atoms with Crippen molar-refractivity contribution < 1.29 is 14.0 Å². The van der Waals surface area contributed by atoms with Gasteiger partial charge in [-0.3, -0.25) is 9.59 Å². The van der Waals surface area contributed by atoms with Gasteiger partial charge in [0, 0.05) is 38.2 Å². The zero-order valence-corrected chi connectivity index (χ0v) is 15.7. The van der Waals surface area contributed by atoms with Crippen molar-refractivity contribution in [3.8, 4) is 11.4 Å². The van der Waals surface area contributed by atoms with Crippen molar-refractivity contribution >= 4 is 11.8 Å². The number of likely N-dealkylation sites (tertiary alicyclic amines) is 1. The number of carbonyl (C=O) groups is 2. The molecule has 1 saturated heterocycles. The Morgan fingerprint density at radius 3 is 2.75 bits per heavy atom. The van der Waals surface area contributed by atoms with Gasteiger partial charge >= 0.3 is 0 Å². The number of benzene rings is 1. The van der Waals surface area contributed by atoms with Crippen LogP contribution in [0.2, 0.25) is 0 Å². The van der Waals surface area contributed by atoms with E-state index in [9.17, 15) is 14.0 Å². The second kappa shape index (κ2) is 8.08. The molecule has 0 spiro atoms. The summed E-state index contributed by atoms with van der Waals surface area (Å²) in [7, 11) is 0. The minimum absolute atomic E-state index is 0.0493. The van der Waals surface area contributed by atoms with E-state index in [-0.39, 0.29) is 23.5 Å². The van der Waals surface area contributed by atoms with Crippen LogP contribution in [0, 0.1) is 5.82 Å². The fourth-order valence-corrected chi connectivity index (χ4v) is 3.98. The van der Waals surface area contributed by atoms with Gasteiger partial charge in [0.25, 0.3) is 0 Å². The van der Waals surface area contributed by atoms with Crippen molar-refractivity contribution in [1.29, 1.82) is 0 Å². The molecule has 1 aromatic heterocycles. The number of carbonyl (C=O) groups excluding carboxylic acids is 2. The largest absolute Gasteiger partial charge is 0.355 e. The molecule has 2 aliphatic rings. The smallest absolute Gasteiger partial charge is 0.230 e. The SMILES string of the molecule is O=C(NCCCN1CCCC1=O)C1CCCn2c(-c3ccc(F)cc3)nnc21. The number of rotatable bonds is 6. The van der Waals surface area contributed by atoms with Crippen LogP contribution in [0.15, 0.2) is 24.3 Å². The standard InChI is InChI=1S/C20H24FN5O2/c21-15-8-6-14(7-9-15)18-23-24-19-16(4-1-13-26(18)19)20(28)22-10-3-12-25-11-2-5-17(25)27/h6-9,16H,1-5,10-13H2,(H,22,28). The average Bonchev–Trinajstić information content (AvgIpc) is 3.32. The first-order valence-corrected chi connectivity index (χ1v) is 9.88. The minimum atomic E-state index is -0.330. The number of aromatic nitrogens is 3. The van der Waals surface area contributed by atoms with Gasteiger partial charge in [-0.25, -0.2) is 4.39 Å². The van der Waals surface area contributed by atoms with Crippen LogP contribution in [0.3, 0.4) is 0 Å². The lowest BCUT2D eigenvalue weighted by atomic mass is 9.97. The number of nitrogens with one attached hydrogen (secondary N) is 1. The molecule has 1 fully saturated rings. The molecule has 4 rings (SSSR count). The maximum Gasteiger partial charge on any atom is 0.230 e. The molecule has 148 valence electrons. The van der Waals surface area contributed by atoms with Gasteiger partial charge in [0.1, 0.15) is 11.6 Å². The van der Waals surface area contributed by atoms with E-state index in [1.165, 1.54) is 12.1 Å². The van der Waals surface area contributed by atoms with E-state index < -0.39 is 0 Å². The fourth-order valence-electron chi connectivity index (χ4n) is 3.98. The summed E-state index contributed by atoms with van der Waals surface area (Å²) in [6.45, 7) is 2.80. The van der Waals surface area contributed by atoms with Gasteiger partial charge in [-0.15, -0.1) is 10.2 Å². The number of hydrogen-bond acceptors (Lipinski definition) is 4. The van der Waals surface area contributed by atoms with Crippen LogP contribution < -0.4 is 5.32 Å². The Kier molecular flexibility index (Phi) is 5.36. The molecule has 2 aromatic rings. The van der Waals surface area contributed by atoms with Crippen LogP contribution >= 0.6 is 0 Å². The summed E-state index contributed by atoms with van der Waals surface area (Å²) in [4.78, 5) is 26.2. The van der Waals surface area contributed by atoms with Gasteiger partial charge in [0.05, 0.1) is 5.92 Å². The van der Waals surface area contributed by atoms with Gasteiger partial charge in [-0.05, 0) is 49.9 Å². The Morgan fingerprint density at radius 1 is 1.18 bits per heavy atom. The first kappa shape index (κ1) is 18.6. The van der Waals surface area contributed by atoms with E-state index in [0.29, 0.717) is 31.2 Å². The summed E-state index contributed by atoms with van der Waals surface area (Å²) in [5.41, 5.74) is 0.788. The highest BCUT2D eigenvalue weighted by Crippen LogP contribution is 2.30. The Labute approximate surface area is 162 Å². The summed E-state index contributed by atoms with van der Waals surface area (Å²) in [5.74, 6) is 0.864. The molecular weight excluding hydrogens is 361 g/mol. The minimum Gasteiger partial charge on any atom is -0.355 e. The van der Waals surface area contributed by atoms with Gasteiger partial charge < -0.3 is 14.8 Å². The van der Waals surface area contributed by atoms with E-state index in [0.717, 1.165) is 44.3 Å². The van der Waals surface area contributed by atoms with Crippen LogP contribution in [0.25, 0.3) is 11.4 Å². The van der Waals surface area contributed by atoms with Crippen LogP contribution in [-0.2, 0) is 16.1 Å². The highest BCUT2D eigenvalue weighted by Gasteiger charge is 2.31. The third-order valence-corrected chi connectivity index (χ3v) is 5.46. The number of amides is 2. The second-order valence-electron chi connectivity index (χ2n) is 7.36. The molecule has 1 unspecified atom stereocenters. The molecule has 2 aliphatic heterocycles. The highest BCUT2D eigenvalue weighted by atomic mass is 19.1. The maximum atomic E-state index is 13.2. The molecule has 2 amide bonds. The first-order valence-electron chi connectivity index (χ1n) is 9.88. The molecule has 0 bridgehead atoms. The number of hydrogen-bond donors (Lipinski definition) is 1. The molecule has 1 N–H and O–H groups in total. The lowest BCUT2D eigenvalue weighted by Crippen LogP contribution is -2.35. The zero-order valence-electron chi connectivity index (χ0n) is 15.7. The summed E-state index contributed by atoms with van der Waals surface area (Å²) in [6.07, 6.45) is 3.91. The van der Waals surface area contributed by atoms with Crippen molar-refractivity contribution in [3.63, 3.8) is 0 Å². The van der Waals surface area contributed by atoms with E-state index in [2.05, 4.69) is 15.5 Å². The van der Waals surface area contributed by atoms with Crippen LogP contribution in [-0.4, -0.2) is 51.1 Å². The number of halogens is 1. The van der Waals surface area contributed by atoms with E-state index in [1.807, 2.05) is 9.47 Å². The molecule has 1 aromatic carbocycles. The second-order valence-corrected chi connectivity index (χ2v) is 7.36. The molecule has 0 saturated carbocycles. The van der Waals surface area contributed by atoms with E-state index in [1.54, 1.807) is 12.1 Å². The fraction of sp³-hybridized carbons (Fsp3) is 0.500. The summed E-state index contributed by atoms with van der Waals surface area (Å²) in [5, 5.41) is 11.5. The van der Waals surface area contributed by atoms with Crippen molar-refractivity contribution in [2.24, 2.45) is 0 Å². The molecule has 7 nitrogen and oxygen atoms in total. The third-order valence-electron chi connectivity index (χ3n) is 5.46. The van der Waals surface area contributed by atoms with Crippen LogP contribution in [0.5, 0.6) is 0 Å². The Hall–Kier alpha value is -2.77. The van der Waals surface area contributed by atoms with E-state index >= 15 is 0 Å². The third kappa shape index (κ3) is 3.76. The summed E-state index contributed by atoms with van der Waals surface area (Å²) < 4.78 is 15.1. The zero-order chi connectivity index (χ0) is 19.5. The topological polar surface area (TPSA) is 80.1 Å². The van der Waals surface area contributed by atoms with E-state index in [4.69, 9.17) is 0 Å². The Morgan fingerprint density at radius 2 is 2.00 bits per heavy atom. The van der Waals surface area contributed by atoms with Crippen LogP contribution in [0.1, 0.15) is 43.8 Å². The molecule has 3 heterocycles. The summed E-state index contributed by atoms with van der Waals surface area (Å²) >= 11 is 0. The molecule has 8 heteroatoms. The van der Waals surface area contributed by atoms with Gasteiger partial charge in [-0.2, -0.15) is 0 Å². The molecule has 28 heavy (non-hydrogen) atoms. The molecule has 0 aliphatic carbocycles. The Balaban J connectivity index is 1.38. The van der Waals surface area contributed by atoms with Gasteiger partial charge in [0.15, 0.2) is 5.82 Å². The lowest BCUT2D eigenvalue weighted by Gasteiger charge is -2.23. The molecule has 1 atom stereocenters. The van der Waals surface area contributed by atoms with Crippen molar-refractivity contribution in [3.05, 3.63) is 35.9 Å². The first-order chi connectivity index (χ1) is 13.6. The molecule has 0 radical (unpaired) electrons. The van der Waals surface area contributed by atoms with Gasteiger partial charge in [-0.1, -0.05) is 0 Å². The Bertz CT molecular complexity index is 864. The predicted molar refractivity (Wildman–Crippen MR) is 101 cm³/mol. The summed E-state index contributed by atoms with van der Waals surface area (Å²) in [6, 6.07) is 6.15. The normalized spacial score (nSPS) is 19.0. The van der Waals surface area contributed by atoms with Crippen LogP contribution in [0.4, 0.5) is 4.39 Å². The van der Waals surface area contributed by atoms with Crippen molar-refractivity contribution in [2.75, 3.05) is 19.6 Å². The van der Waals surface area contributed by atoms with Gasteiger partial charge in [0.2, 0.25) is 11.8 Å². The lowest BCUT2D eigenvalue weighted by molar-refractivity contribution is -0.127. The quantitative estimate of drug-likeness (QED) is 0.772.